The topological polar surface area (TPSA) is 41.1 Å². The Hall–Kier alpha value is -1.16. The minimum absolute atomic E-state index is 0.737. The van der Waals surface area contributed by atoms with Crippen LogP contribution in [0.2, 0.25) is 0 Å². The summed E-state index contributed by atoms with van der Waals surface area (Å²) in [5, 5.41) is 3.54. The van der Waals surface area contributed by atoms with Gasteiger partial charge in [-0.2, -0.15) is 0 Å². The van der Waals surface area contributed by atoms with Crippen LogP contribution in [-0.4, -0.2) is 29.1 Å². The molecule has 0 amide bonds. The molecule has 1 aliphatic heterocycles. The van der Waals surface area contributed by atoms with Gasteiger partial charge in [0.05, 0.1) is 0 Å². The van der Waals surface area contributed by atoms with Crippen molar-refractivity contribution >= 4 is 5.82 Å². The van der Waals surface area contributed by atoms with Gasteiger partial charge < -0.3 is 10.2 Å². The number of aromatic nitrogens is 2. The molecule has 2 fully saturated rings. The fourth-order valence-corrected chi connectivity index (χ4v) is 2.43. The van der Waals surface area contributed by atoms with E-state index in [0.717, 1.165) is 37.4 Å². The Balaban J connectivity index is 1.72. The number of nitrogens with one attached hydrogen (secondary N) is 1. The molecule has 1 saturated carbocycles. The van der Waals surface area contributed by atoms with Crippen molar-refractivity contribution in [2.24, 2.45) is 5.92 Å². The highest BCUT2D eigenvalue weighted by molar-refractivity contribution is 5.46. The SMILES string of the molecule is CC1CCN(c2ncncc2CNC2CC2)C1. The van der Waals surface area contributed by atoms with E-state index in [1.165, 1.54) is 24.8 Å². The van der Waals surface area contributed by atoms with Gasteiger partial charge in [-0.3, -0.25) is 0 Å². The Labute approximate surface area is 102 Å². The summed E-state index contributed by atoms with van der Waals surface area (Å²) in [5.41, 5.74) is 1.24. The molecule has 1 unspecified atom stereocenters. The first kappa shape index (κ1) is 11.0. The van der Waals surface area contributed by atoms with Gasteiger partial charge in [-0.1, -0.05) is 6.92 Å². The van der Waals surface area contributed by atoms with Crippen LogP contribution in [0.3, 0.4) is 0 Å². The second-order valence-corrected chi connectivity index (χ2v) is 5.37. The van der Waals surface area contributed by atoms with Crippen LogP contribution >= 0.6 is 0 Å². The molecule has 92 valence electrons. The van der Waals surface area contributed by atoms with Crippen molar-refractivity contribution in [3.8, 4) is 0 Å². The van der Waals surface area contributed by atoms with Crippen molar-refractivity contribution in [3.05, 3.63) is 18.1 Å². The van der Waals surface area contributed by atoms with E-state index >= 15 is 0 Å². The zero-order valence-corrected chi connectivity index (χ0v) is 10.4. The van der Waals surface area contributed by atoms with Gasteiger partial charge in [-0.05, 0) is 25.2 Å². The summed E-state index contributed by atoms with van der Waals surface area (Å²) in [5.74, 6) is 1.92. The summed E-state index contributed by atoms with van der Waals surface area (Å²) in [6.45, 7) is 5.48. The number of rotatable bonds is 4. The van der Waals surface area contributed by atoms with Gasteiger partial charge in [0.25, 0.3) is 0 Å². The molecule has 4 nitrogen and oxygen atoms in total. The monoisotopic (exact) mass is 232 g/mol. The maximum Gasteiger partial charge on any atom is 0.136 e. The maximum absolute atomic E-state index is 4.47. The second kappa shape index (κ2) is 4.61. The molecular weight excluding hydrogens is 212 g/mol. The predicted octanol–water partition coefficient (Wildman–Crippen LogP) is 1.57. The van der Waals surface area contributed by atoms with E-state index in [-0.39, 0.29) is 0 Å². The summed E-state index contributed by atoms with van der Waals surface area (Å²) in [6, 6.07) is 0.737. The van der Waals surface area contributed by atoms with Gasteiger partial charge >= 0.3 is 0 Å². The van der Waals surface area contributed by atoms with Crippen molar-refractivity contribution in [1.82, 2.24) is 15.3 Å². The molecule has 2 aliphatic rings. The Morgan fingerprint density at radius 1 is 1.41 bits per heavy atom. The maximum atomic E-state index is 4.47. The van der Waals surface area contributed by atoms with Crippen LogP contribution in [0.5, 0.6) is 0 Å². The van der Waals surface area contributed by atoms with E-state index in [4.69, 9.17) is 0 Å². The molecule has 0 radical (unpaired) electrons. The van der Waals surface area contributed by atoms with E-state index in [2.05, 4.69) is 27.1 Å². The third-order valence-electron chi connectivity index (χ3n) is 3.65. The lowest BCUT2D eigenvalue weighted by Crippen LogP contribution is -2.24. The predicted molar refractivity (Wildman–Crippen MR) is 67.9 cm³/mol. The minimum atomic E-state index is 0.737. The van der Waals surface area contributed by atoms with Gasteiger partial charge in [0.1, 0.15) is 12.1 Å². The van der Waals surface area contributed by atoms with Gasteiger partial charge in [-0.15, -0.1) is 0 Å². The van der Waals surface area contributed by atoms with Crippen molar-refractivity contribution in [3.63, 3.8) is 0 Å². The van der Waals surface area contributed by atoms with Crippen LogP contribution in [0.25, 0.3) is 0 Å². The molecule has 0 aromatic carbocycles. The average molecular weight is 232 g/mol. The van der Waals surface area contributed by atoms with E-state index in [0.29, 0.717) is 0 Å². The molecule has 1 saturated heterocycles. The van der Waals surface area contributed by atoms with Crippen molar-refractivity contribution in [2.45, 2.75) is 38.8 Å². The minimum Gasteiger partial charge on any atom is -0.356 e. The van der Waals surface area contributed by atoms with Crippen LogP contribution < -0.4 is 10.2 Å². The Bertz CT molecular complexity index is 389. The van der Waals surface area contributed by atoms with Crippen molar-refractivity contribution in [2.75, 3.05) is 18.0 Å². The highest BCUT2D eigenvalue weighted by atomic mass is 15.2. The lowest BCUT2D eigenvalue weighted by Gasteiger charge is -2.20. The third kappa shape index (κ3) is 2.57. The van der Waals surface area contributed by atoms with E-state index < -0.39 is 0 Å². The van der Waals surface area contributed by atoms with Gasteiger partial charge in [0.15, 0.2) is 0 Å². The molecule has 1 N–H and O–H groups in total. The summed E-state index contributed by atoms with van der Waals surface area (Å²) in [6.07, 6.45) is 7.55. The van der Waals surface area contributed by atoms with E-state index in [1.807, 2.05) is 6.20 Å². The van der Waals surface area contributed by atoms with E-state index in [9.17, 15) is 0 Å². The zero-order chi connectivity index (χ0) is 11.7. The molecule has 1 aromatic rings. The molecule has 4 heteroatoms. The second-order valence-electron chi connectivity index (χ2n) is 5.37. The van der Waals surface area contributed by atoms with Crippen molar-refractivity contribution < 1.29 is 0 Å². The molecule has 1 aliphatic carbocycles. The summed E-state index contributed by atoms with van der Waals surface area (Å²) < 4.78 is 0. The first-order chi connectivity index (χ1) is 8.33. The fourth-order valence-electron chi connectivity index (χ4n) is 2.43. The smallest absolute Gasteiger partial charge is 0.136 e. The Morgan fingerprint density at radius 2 is 2.29 bits per heavy atom. The van der Waals surface area contributed by atoms with Crippen LogP contribution in [0, 0.1) is 5.92 Å². The molecule has 17 heavy (non-hydrogen) atoms. The number of anilines is 1. The van der Waals surface area contributed by atoms with E-state index in [1.54, 1.807) is 6.33 Å². The lowest BCUT2D eigenvalue weighted by atomic mass is 10.2. The summed E-state index contributed by atoms with van der Waals surface area (Å²) >= 11 is 0. The number of hydrogen-bond acceptors (Lipinski definition) is 4. The zero-order valence-electron chi connectivity index (χ0n) is 10.4. The highest BCUT2D eigenvalue weighted by Crippen LogP contribution is 2.25. The number of hydrogen-bond donors (Lipinski definition) is 1. The summed E-state index contributed by atoms with van der Waals surface area (Å²) in [4.78, 5) is 11.0. The van der Waals surface area contributed by atoms with Crippen LogP contribution in [0.1, 0.15) is 31.7 Å². The Kier molecular flexibility index (Phi) is 2.97. The molecule has 0 bridgehead atoms. The van der Waals surface area contributed by atoms with Gasteiger partial charge in [0.2, 0.25) is 0 Å². The molecule has 1 aromatic heterocycles. The van der Waals surface area contributed by atoms with Gasteiger partial charge in [-0.25, -0.2) is 9.97 Å². The lowest BCUT2D eigenvalue weighted by molar-refractivity contribution is 0.656. The average Bonchev–Trinajstić information content (AvgIpc) is 3.08. The molecule has 2 heterocycles. The summed E-state index contributed by atoms with van der Waals surface area (Å²) in [7, 11) is 0. The quantitative estimate of drug-likeness (QED) is 0.855. The standard InChI is InChI=1S/C13H20N4/c1-10-4-5-17(8-10)13-11(6-14-9-16-13)7-15-12-2-3-12/h6,9-10,12,15H,2-5,7-8H2,1H3. The molecular formula is C13H20N4. The molecule has 1 atom stereocenters. The largest absolute Gasteiger partial charge is 0.356 e. The molecule has 0 spiro atoms. The first-order valence-electron chi connectivity index (χ1n) is 6.60. The normalized spacial score (nSPS) is 24.3. The van der Waals surface area contributed by atoms with Crippen LogP contribution in [0.15, 0.2) is 12.5 Å². The van der Waals surface area contributed by atoms with Crippen molar-refractivity contribution in [1.29, 1.82) is 0 Å². The number of nitrogens with zero attached hydrogens (tertiary/aromatic N) is 3. The van der Waals surface area contributed by atoms with Crippen LogP contribution in [0.4, 0.5) is 5.82 Å². The first-order valence-corrected chi connectivity index (χ1v) is 6.60. The van der Waals surface area contributed by atoms with Crippen LogP contribution in [-0.2, 0) is 6.54 Å². The Morgan fingerprint density at radius 3 is 3.00 bits per heavy atom. The van der Waals surface area contributed by atoms with Gasteiger partial charge in [0, 0.05) is 37.4 Å². The highest BCUT2D eigenvalue weighted by Gasteiger charge is 2.24. The molecule has 3 rings (SSSR count). The third-order valence-corrected chi connectivity index (χ3v) is 3.65. The fraction of sp³-hybridized carbons (Fsp3) is 0.692.